The van der Waals surface area contributed by atoms with E-state index in [9.17, 15) is 0 Å². The molecule has 0 heterocycles. The van der Waals surface area contributed by atoms with Crippen molar-refractivity contribution in [3.05, 3.63) is 224 Å². The number of halogens is 2. The second-order valence-electron chi connectivity index (χ2n) is 14.5. The Balaban J connectivity index is 0.000000160. The van der Waals surface area contributed by atoms with Gasteiger partial charge >= 0.3 is 30.2 Å². The van der Waals surface area contributed by atoms with Crippen molar-refractivity contribution < 1.29 is 48.1 Å². The quantitative estimate of drug-likeness (QED) is 0.0924. The molecule has 59 heavy (non-hydrogen) atoms. The fourth-order valence-electron chi connectivity index (χ4n) is 8.30. The van der Waals surface area contributed by atoms with Crippen LogP contribution in [-0.2, 0) is 23.3 Å². The summed E-state index contributed by atoms with van der Waals surface area (Å²) in [5, 5.41) is 15.8. The average Bonchev–Trinajstić information content (AvgIpc) is 3.77. The van der Waals surface area contributed by atoms with Gasteiger partial charge < -0.3 is 24.8 Å². The summed E-state index contributed by atoms with van der Waals surface area (Å²) in [5.41, 5.74) is 9.16. The molecule has 0 bridgehead atoms. The van der Waals surface area contributed by atoms with Crippen molar-refractivity contribution in [2.24, 2.45) is 0 Å². The van der Waals surface area contributed by atoms with Crippen LogP contribution in [0.25, 0.3) is 86.9 Å². The second kappa shape index (κ2) is 19.7. The molecule has 0 N–H and O–H groups in total. The fourth-order valence-corrected chi connectivity index (χ4v) is 8.30. The summed E-state index contributed by atoms with van der Waals surface area (Å²) in [7, 11) is 0. The third kappa shape index (κ3) is 9.03. The molecule has 2 radical (unpaired) electrons. The topological polar surface area (TPSA) is 0 Å². The molecule has 286 valence electrons. The molecule has 0 aliphatic heterocycles. The third-order valence-corrected chi connectivity index (χ3v) is 10.9. The van der Waals surface area contributed by atoms with Crippen LogP contribution in [0.1, 0.15) is 16.7 Å². The normalized spacial score (nSPS) is 10.5. The van der Waals surface area contributed by atoms with E-state index in [1.54, 1.807) is 0 Å². The minimum atomic E-state index is 0. The molecular formula is C55H41Cl2SiZr-3. The maximum atomic E-state index is 3.72. The number of fused-ring (bicyclic) bond motifs is 6. The molecule has 0 amide bonds. The number of hydrogen-bond donors (Lipinski definition) is 0. The molecule has 0 saturated heterocycles. The van der Waals surface area contributed by atoms with Crippen molar-refractivity contribution >= 4 is 71.5 Å². The molecule has 0 spiro atoms. The van der Waals surface area contributed by atoms with Crippen LogP contribution in [0.4, 0.5) is 0 Å². The van der Waals surface area contributed by atoms with Crippen molar-refractivity contribution in [3.8, 4) is 22.3 Å². The summed E-state index contributed by atoms with van der Waals surface area (Å²) < 4.78 is 0. The van der Waals surface area contributed by atoms with Crippen molar-refractivity contribution in [2.75, 3.05) is 0 Å². The van der Waals surface area contributed by atoms with Crippen molar-refractivity contribution in [1.82, 2.24) is 0 Å². The Bertz CT molecular complexity index is 2960. The first-order valence-electron chi connectivity index (χ1n) is 19.3. The summed E-state index contributed by atoms with van der Waals surface area (Å²) in [6.45, 7) is 11.2. The van der Waals surface area contributed by atoms with E-state index in [1.807, 2.05) is 30.3 Å². The van der Waals surface area contributed by atoms with Gasteiger partial charge in [-0.1, -0.05) is 128 Å². The summed E-state index contributed by atoms with van der Waals surface area (Å²) in [4.78, 5) is 0. The van der Waals surface area contributed by atoms with Crippen LogP contribution in [0.3, 0.4) is 0 Å². The van der Waals surface area contributed by atoms with E-state index in [0.717, 1.165) is 5.56 Å². The Kier molecular flexibility index (Phi) is 14.5. The van der Waals surface area contributed by atoms with Crippen LogP contribution in [-0.4, -0.2) is 6.88 Å². The Morgan fingerprint density at radius 1 is 0.373 bits per heavy atom. The molecule has 0 aliphatic carbocycles. The van der Waals surface area contributed by atoms with Crippen LogP contribution in [0.5, 0.6) is 0 Å². The van der Waals surface area contributed by atoms with Gasteiger partial charge in [-0.3, -0.25) is 0 Å². The molecular weight excluding hydrogens is 851 g/mol. The summed E-state index contributed by atoms with van der Waals surface area (Å²) in [6, 6.07) is 71.6. The van der Waals surface area contributed by atoms with Gasteiger partial charge in [-0.05, 0) is 67.4 Å². The molecule has 0 atom stereocenters. The first-order chi connectivity index (χ1) is 28.0. The first kappa shape index (κ1) is 43.4. The molecule has 0 nitrogen and oxygen atoms in total. The van der Waals surface area contributed by atoms with Crippen LogP contribution >= 0.6 is 0 Å². The third-order valence-electron chi connectivity index (χ3n) is 10.9. The zero-order chi connectivity index (χ0) is 39.3. The number of benzene rings is 9. The van der Waals surface area contributed by atoms with Crippen LogP contribution in [0.15, 0.2) is 200 Å². The zero-order valence-corrected chi connectivity index (χ0v) is 38.0. The van der Waals surface area contributed by atoms with Crippen molar-refractivity contribution in [2.45, 2.75) is 13.8 Å². The van der Waals surface area contributed by atoms with Gasteiger partial charge in [0.2, 0.25) is 0 Å². The molecule has 0 aliphatic rings. The molecule has 0 aromatic heterocycles. The van der Waals surface area contributed by atoms with Crippen molar-refractivity contribution in [3.63, 3.8) is 0 Å². The Hall–Kier alpha value is -5.21. The monoisotopic (exact) mass is 889 g/mol. The number of rotatable bonds is 2. The van der Waals surface area contributed by atoms with Gasteiger partial charge in [-0.25, -0.2) is 0 Å². The van der Waals surface area contributed by atoms with Crippen LogP contribution in [0, 0.1) is 20.8 Å². The molecule has 11 aromatic carbocycles. The Morgan fingerprint density at radius 2 is 0.712 bits per heavy atom. The second-order valence-corrected chi connectivity index (χ2v) is 14.5. The molecule has 0 saturated carbocycles. The first-order valence-corrected chi connectivity index (χ1v) is 23.5. The summed E-state index contributed by atoms with van der Waals surface area (Å²) in [5.74, 6) is 0. The SMILES string of the molecule is Cc1[cH-]c2ccccc2c1-c1cccc2cc3ccccc3cc12.Cc1[cH-]c2ccccc2c1-c1cccc2cc3ccccc3cc12.[CH2-]c1ccccc1.[Cl-].[Cl-].[Si]=[Zr+2]. The predicted molar refractivity (Wildman–Crippen MR) is 246 cm³/mol. The summed E-state index contributed by atoms with van der Waals surface area (Å²) in [6.07, 6.45) is 0. The van der Waals surface area contributed by atoms with Gasteiger partial charge in [-0.15, -0.1) is 104 Å². The van der Waals surface area contributed by atoms with E-state index in [1.165, 1.54) is 121 Å². The zero-order valence-electron chi connectivity index (χ0n) is 33.0. The van der Waals surface area contributed by atoms with E-state index in [-0.39, 0.29) is 24.8 Å². The molecule has 11 rings (SSSR count). The molecule has 11 aromatic rings. The fraction of sp³-hybridized carbons (Fsp3) is 0.0364. The Morgan fingerprint density at radius 3 is 1.10 bits per heavy atom. The van der Waals surface area contributed by atoms with E-state index < -0.39 is 0 Å². The summed E-state index contributed by atoms with van der Waals surface area (Å²) >= 11 is 1.36. The van der Waals surface area contributed by atoms with Gasteiger partial charge in [-0.2, -0.15) is 24.6 Å². The van der Waals surface area contributed by atoms with E-state index in [4.69, 9.17) is 0 Å². The molecule has 0 unspecified atom stereocenters. The van der Waals surface area contributed by atoms with E-state index >= 15 is 0 Å². The molecule has 4 heteroatoms. The maximum absolute atomic E-state index is 3.72. The van der Waals surface area contributed by atoms with Gasteiger partial charge in [0.25, 0.3) is 0 Å². The number of aryl methyl sites for hydroxylation is 2. The minimum absolute atomic E-state index is 0. The van der Waals surface area contributed by atoms with E-state index in [0.29, 0.717) is 0 Å². The molecule has 0 fully saturated rings. The van der Waals surface area contributed by atoms with E-state index in [2.05, 4.69) is 198 Å². The average molecular weight is 892 g/mol. The standard InChI is InChI=1S/2C24H17.C7H7.2ClH.Si.Zr/c2*1-16-13-19-9-4-5-11-21(19)24(16)22-12-6-10-20-14-17-7-2-3-8-18(17)15-23(20)22;1-7-5-3-2-4-6-7;;;;/h2*2-15H,1H3;2-6H,1H2;2*1H;;/q3*-1;;;;+2/p-2. The van der Waals surface area contributed by atoms with Gasteiger partial charge in [0.1, 0.15) is 0 Å². The van der Waals surface area contributed by atoms with Crippen LogP contribution < -0.4 is 24.8 Å². The number of hydrogen-bond acceptors (Lipinski definition) is 0. The van der Waals surface area contributed by atoms with Crippen molar-refractivity contribution in [1.29, 1.82) is 0 Å². The van der Waals surface area contributed by atoms with Crippen LogP contribution in [0.2, 0.25) is 0 Å². The van der Waals surface area contributed by atoms with Gasteiger partial charge in [0.15, 0.2) is 0 Å². The van der Waals surface area contributed by atoms with Gasteiger partial charge in [0.05, 0.1) is 0 Å². The Labute approximate surface area is 376 Å². The van der Waals surface area contributed by atoms with Gasteiger partial charge in [0, 0.05) is 0 Å². The predicted octanol–water partition coefficient (Wildman–Crippen LogP) is 9.17.